The molecule has 2 atom stereocenters. The molecule has 5 aromatic rings. The van der Waals surface area contributed by atoms with Crippen molar-refractivity contribution in [1.82, 2.24) is 0 Å². The van der Waals surface area contributed by atoms with E-state index in [0.717, 1.165) is 51.4 Å². The second kappa shape index (κ2) is 18.8. The Kier molecular flexibility index (Phi) is 12.8. The molecule has 0 aromatic heterocycles. The number of carbonyl (C=O) groups is 4. The lowest BCUT2D eigenvalue weighted by atomic mass is 10.1. The maximum Gasteiger partial charge on any atom is 0.261 e. The Morgan fingerprint density at radius 1 is 0.758 bits per heavy atom. The molecule has 0 radical (unpaired) electrons. The third-order valence-electron chi connectivity index (χ3n) is 12.3. The molecular formula is C52H51N5O7S2. The molecule has 0 saturated heterocycles. The van der Waals surface area contributed by atoms with Crippen molar-refractivity contribution in [2.75, 3.05) is 28.0 Å². The summed E-state index contributed by atoms with van der Waals surface area (Å²) in [6, 6.07) is 28.3. The second-order valence-electron chi connectivity index (χ2n) is 17.3. The molecule has 12 nitrogen and oxygen atoms in total. The van der Waals surface area contributed by atoms with Gasteiger partial charge in [-0.25, -0.2) is 0 Å². The van der Waals surface area contributed by atoms with E-state index < -0.39 is 4.75 Å². The lowest BCUT2D eigenvalue weighted by Crippen LogP contribution is -2.37. The zero-order valence-corrected chi connectivity index (χ0v) is 39.2. The predicted molar refractivity (Wildman–Crippen MR) is 264 cm³/mol. The Bertz CT molecular complexity index is 2820. The number of aliphatic imine (C=N–C) groups is 2. The summed E-state index contributed by atoms with van der Waals surface area (Å²) in [6.07, 6.45) is 6.89. The minimum absolute atomic E-state index is 0.0889. The molecule has 0 bridgehead atoms. The first-order chi connectivity index (χ1) is 31.9. The average molecular weight is 922 g/mol. The van der Waals surface area contributed by atoms with Gasteiger partial charge in [0.25, 0.3) is 11.8 Å². The first-order valence-electron chi connectivity index (χ1n) is 22.2. The molecule has 0 fully saturated rings. The van der Waals surface area contributed by atoms with Crippen LogP contribution in [0.25, 0.3) is 0 Å². The standard InChI is InChI=1S/C52H51N5O7S2/c1-6-39(58)14-11-17-65-66-52(3,4)51(61)55-36-20-32(29-63-46-25-42-40(18-31(46)2)49(59)56-37(27-53-42)22-34-12-7-9-15-44(34)56)19-33(21-36)30-64-48-26-43-41(24-47(48)62-5)50(60)57-38(28-54-43)23-35-13-8-10-16-45(35)57/h7-10,12-13,15-16,18-21,24-28,37-38H,6,11,14,17,22-23,29-30H2,1-5H3,(H,55,61)/t37-,38-/m0/s1. The number of para-hydroxylation sites is 2. The average Bonchev–Trinajstić information content (AvgIpc) is 3.81. The summed E-state index contributed by atoms with van der Waals surface area (Å²) in [6.45, 7) is 7.78. The molecule has 5 aromatic carbocycles. The smallest absolute Gasteiger partial charge is 0.261 e. The molecule has 66 heavy (non-hydrogen) atoms. The highest BCUT2D eigenvalue weighted by molar-refractivity contribution is 8.77. The van der Waals surface area contributed by atoms with Gasteiger partial charge in [-0.15, -0.1) is 0 Å². The Hall–Kier alpha value is -6.38. The Morgan fingerprint density at radius 2 is 1.32 bits per heavy atom. The van der Waals surface area contributed by atoms with Crippen LogP contribution in [0, 0.1) is 6.92 Å². The molecule has 14 heteroatoms. The highest BCUT2D eigenvalue weighted by Gasteiger charge is 2.38. The van der Waals surface area contributed by atoms with Crippen LogP contribution in [0.4, 0.5) is 28.4 Å². The molecule has 338 valence electrons. The Morgan fingerprint density at radius 3 is 1.91 bits per heavy atom. The van der Waals surface area contributed by atoms with E-state index in [1.807, 2.05) is 118 Å². The van der Waals surface area contributed by atoms with Crippen LogP contribution in [0.5, 0.6) is 17.2 Å². The number of Topliss-reactive ketones (excluding diaryl/α,β-unsaturated/α-hetero) is 1. The van der Waals surface area contributed by atoms with Crippen molar-refractivity contribution in [3.63, 3.8) is 0 Å². The van der Waals surface area contributed by atoms with Crippen molar-refractivity contribution in [3.8, 4) is 17.2 Å². The molecule has 4 heterocycles. The molecule has 3 amide bonds. The number of amides is 3. The van der Waals surface area contributed by atoms with Gasteiger partial charge >= 0.3 is 0 Å². The van der Waals surface area contributed by atoms with Gasteiger partial charge in [-0.3, -0.25) is 39.0 Å². The van der Waals surface area contributed by atoms with Gasteiger partial charge in [-0.1, -0.05) is 64.9 Å². The van der Waals surface area contributed by atoms with Gasteiger partial charge in [0.15, 0.2) is 11.5 Å². The summed E-state index contributed by atoms with van der Waals surface area (Å²) < 4.78 is 17.9. The quantitative estimate of drug-likeness (QED) is 0.0757. The number of nitrogens with zero attached hydrogens (tertiary/aromatic N) is 4. The largest absolute Gasteiger partial charge is 0.493 e. The van der Waals surface area contributed by atoms with E-state index >= 15 is 0 Å². The number of carbonyl (C=O) groups excluding carboxylic acids is 4. The highest BCUT2D eigenvalue weighted by atomic mass is 33.1. The first kappa shape index (κ1) is 44.8. The van der Waals surface area contributed by atoms with Crippen LogP contribution in [0.2, 0.25) is 0 Å². The fourth-order valence-electron chi connectivity index (χ4n) is 8.73. The monoisotopic (exact) mass is 921 g/mol. The van der Waals surface area contributed by atoms with Gasteiger partial charge in [0.2, 0.25) is 5.91 Å². The van der Waals surface area contributed by atoms with Gasteiger partial charge in [0.1, 0.15) is 24.7 Å². The van der Waals surface area contributed by atoms with E-state index in [4.69, 9.17) is 24.2 Å². The van der Waals surface area contributed by atoms with Crippen molar-refractivity contribution in [2.45, 2.75) is 89.8 Å². The molecule has 9 rings (SSSR count). The molecule has 0 aliphatic carbocycles. The second-order valence-corrected chi connectivity index (χ2v) is 20.4. The van der Waals surface area contributed by atoms with E-state index in [9.17, 15) is 19.2 Å². The molecule has 4 aliphatic rings. The number of ketones is 1. The maximum absolute atomic E-state index is 14.0. The number of nitrogens with one attached hydrogen (secondary N) is 1. The van der Waals surface area contributed by atoms with E-state index in [1.165, 1.54) is 17.9 Å². The van der Waals surface area contributed by atoms with Gasteiger partial charge in [-0.05, 0) is 97.5 Å². The van der Waals surface area contributed by atoms with Crippen LogP contribution >= 0.6 is 21.6 Å². The van der Waals surface area contributed by atoms with Crippen LogP contribution in [-0.4, -0.2) is 65.6 Å². The molecule has 4 aliphatic heterocycles. The maximum atomic E-state index is 14.0. The minimum Gasteiger partial charge on any atom is -0.493 e. The van der Waals surface area contributed by atoms with Crippen molar-refractivity contribution in [2.24, 2.45) is 9.98 Å². The Balaban J connectivity index is 0.955. The normalized spacial score (nSPS) is 16.6. The van der Waals surface area contributed by atoms with E-state index in [-0.39, 0.29) is 48.8 Å². The van der Waals surface area contributed by atoms with E-state index in [2.05, 4.69) is 11.4 Å². The summed E-state index contributed by atoms with van der Waals surface area (Å²) >= 11 is 0. The summed E-state index contributed by atoms with van der Waals surface area (Å²) in [7, 11) is 4.60. The molecule has 0 spiro atoms. The van der Waals surface area contributed by atoms with Crippen LogP contribution in [0.1, 0.15) is 88.6 Å². The molecule has 0 unspecified atom stereocenters. The van der Waals surface area contributed by atoms with Crippen LogP contribution < -0.4 is 29.3 Å². The first-order valence-corrected chi connectivity index (χ1v) is 24.5. The van der Waals surface area contributed by atoms with E-state index in [0.29, 0.717) is 71.1 Å². The lowest BCUT2D eigenvalue weighted by molar-refractivity contribution is -0.119. The third-order valence-corrected chi connectivity index (χ3v) is 15.5. The molecule has 1 N–H and O–H groups in total. The number of anilines is 3. The summed E-state index contributed by atoms with van der Waals surface area (Å²) in [5.74, 6) is 1.94. The fourth-order valence-corrected chi connectivity index (χ4v) is 11.2. The zero-order valence-electron chi connectivity index (χ0n) is 37.6. The van der Waals surface area contributed by atoms with Crippen molar-refractivity contribution < 1.29 is 33.4 Å². The SMILES string of the molecule is CCC(=O)CCCSSC(C)(C)C(=O)Nc1cc(COc2cc3c(cc2C)C(=O)N2c4ccccc4C[C@H]2C=N3)cc(COc2cc3c(cc2OC)C(=O)N2c4ccccc4C[C@H]2C=N3)c1. The van der Waals surface area contributed by atoms with Crippen molar-refractivity contribution in [1.29, 1.82) is 0 Å². The summed E-state index contributed by atoms with van der Waals surface area (Å²) in [4.78, 5) is 66.8. The fraction of sp³-hybridized carbons (Fsp3) is 0.308. The minimum atomic E-state index is -0.791. The third kappa shape index (κ3) is 9.08. The number of methoxy groups -OCH3 is 1. The topological polar surface area (TPSA) is 139 Å². The van der Waals surface area contributed by atoms with Crippen LogP contribution in [0.15, 0.2) is 101 Å². The molecule has 0 saturated carbocycles. The number of rotatable bonds is 16. The van der Waals surface area contributed by atoms with Gasteiger partial charge in [0.05, 0.1) is 46.4 Å². The number of ether oxygens (including phenoxy) is 3. The number of benzene rings is 5. The van der Waals surface area contributed by atoms with Gasteiger partial charge in [0, 0.05) is 73.1 Å². The zero-order chi connectivity index (χ0) is 46.1. The van der Waals surface area contributed by atoms with E-state index in [1.54, 1.807) is 27.8 Å². The number of fused-ring (bicyclic) bond motifs is 8. The van der Waals surface area contributed by atoms with Crippen LogP contribution in [0.3, 0.4) is 0 Å². The number of hydrogen-bond donors (Lipinski definition) is 1. The van der Waals surface area contributed by atoms with Gasteiger partial charge in [-0.2, -0.15) is 0 Å². The highest BCUT2D eigenvalue weighted by Crippen LogP contribution is 2.43. The predicted octanol–water partition coefficient (Wildman–Crippen LogP) is 10.6. The molecular weight excluding hydrogens is 871 g/mol. The van der Waals surface area contributed by atoms with Gasteiger partial charge < -0.3 is 19.5 Å². The van der Waals surface area contributed by atoms with Crippen molar-refractivity contribution in [3.05, 3.63) is 130 Å². The van der Waals surface area contributed by atoms with Crippen molar-refractivity contribution >= 4 is 86.0 Å². The Labute approximate surface area is 392 Å². The summed E-state index contributed by atoms with van der Waals surface area (Å²) in [5.41, 5.74) is 8.84. The lowest BCUT2D eigenvalue weighted by Gasteiger charge is -2.23. The van der Waals surface area contributed by atoms with Crippen LogP contribution in [-0.2, 0) is 35.6 Å². The number of aryl methyl sites for hydroxylation is 1. The number of hydrogen-bond acceptors (Lipinski definition) is 11. The summed E-state index contributed by atoms with van der Waals surface area (Å²) in [5, 5.41) is 3.13.